The molecule has 0 atom stereocenters. The molecule has 1 saturated carbocycles. The Kier molecular flexibility index (Phi) is 2.92. The SMILES string of the molecule is O=C(Cn1ccc2ccc(F)cc21)Nc1n[nH]c(C2CC2)n1. The summed E-state index contributed by atoms with van der Waals surface area (Å²) in [5, 5.41) is 10.4. The van der Waals surface area contributed by atoms with Crippen LogP contribution in [0.5, 0.6) is 0 Å². The van der Waals surface area contributed by atoms with E-state index in [0.29, 0.717) is 11.4 Å². The number of fused-ring (bicyclic) bond motifs is 1. The number of H-pyrrole nitrogens is 1. The summed E-state index contributed by atoms with van der Waals surface area (Å²) in [6, 6.07) is 6.36. The minimum absolute atomic E-state index is 0.0836. The summed E-state index contributed by atoms with van der Waals surface area (Å²) in [6.07, 6.45) is 3.99. The zero-order valence-electron chi connectivity index (χ0n) is 11.7. The summed E-state index contributed by atoms with van der Waals surface area (Å²) in [5.41, 5.74) is 0.684. The normalized spacial score (nSPS) is 14.4. The summed E-state index contributed by atoms with van der Waals surface area (Å²) < 4.78 is 15.0. The van der Waals surface area contributed by atoms with Gasteiger partial charge in [0.1, 0.15) is 18.2 Å². The fourth-order valence-electron chi connectivity index (χ4n) is 2.48. The molecule has 0 radical (unpaired) electrons. The highest BCUT2D eigenvalue weighted by atomic mass is 19.1. The van der Waals surface area contributed by atoms with Crippen LogP contribution in [0.3, 0.4) is 0 Å². The summed E-state index contributed by atoms with van der Waals surface area (Å²) in [4.78, 5) is 16.3. The summed E-state index contributed by atoms with van der Waals surface area (Å²) in [6.45, 7) is 0.0836. The lowest BCUT2D eigenvalue weighted by atomic mass is 10.2. The van der Waals surface area contributed by atoms with Crippen molar-refractivity contribution in [3.05, 3.63) is 42.1 Å². The molecule has 1 aliphatic rings. The Bertz CT molecular complexity index is 849. The van der Waals surface area contributed by atoms with E-state index in [4.69, 9.17) is 0 Å². The van der Waals surface area contributed by atoms with Crippen LogP contribution in [0, 0.1) is 5.82 Å². The number of nitrogens with one attached hydrogen (secondary N) is 2. The van der Waals surface area contributed by atoms with Gasteiger partial charge in [0.2, 0.25) is 11.9 Å². The van der Waals surface area contributed by atoms with Crippen molar-refractivity contribution in [2.24, 2.45) is 0 Å². The molecule has 1 fully saturated rings. The second-order valence-electron chi connectivity index (χ2n) is 5.51. The Morgan fingerprint density at radius 3 is 3.09 bits per heavy atom. The molecule has 1 amide bonds. The highest BCUT2D eigenvalue weighted by Crippen LogP contribution is 2.38. The van der Waals surface area contributed by atoms with Gasteiger partial charge in [-0.3, -0.25) is 15.2 Å². The minimum Gasteiger partial charge on any atom is -0.338 e. The first kappa shape index (κ1) is 13.0. The molecule has 1 aromatic carbocycles. The second-order valence-corrected chi connectivity index (χ2v) is 5.51. The maximum Gasteiger partial charge on any atom is 0.248 e. The molecule has 2 aromatic heterocycles. The zero-order valence-corrected chi connectivity index (χ0v) is 11.7. The number of hydrogen-bond donors (Lipinski definition) is 2. The van der Waals surface area contributed by atoms with Crippen molar-refractivity contribution in [2.45, 2.75) is 25.3 Å². The Morgan fingerprint density at radius 1 is 1.41 bits per heavy atom. The number of amides is 1. The number of anilines is 1. The minimum atomic E-state index is -0.323. The second kappa shape index (κ2) is 4.94. The molecule has 1 aliphatic carbocycles. The number of rotatable bonds is 4. The predicted octanol–water partition coefficient (Wildman–Crippen LogP) is 2.41. The van der Waals surface area contributed by atoms with Crippen LogP contribution in [0.25, 0.3) is 10.9 Å². The van der Waals surface area contributed by atoms with Gasteiger partial charge in [-0.05, 0) is 42.5 Å². The summed E-state index contributed by atoms with van der Waals surface area (Å²) in [7, 11) is 0. The fourth-order valence-corrected chi connectivity index (χ4v) is 2.48. The number of halogens is 1. The summed E-state index contributed by atoms with van der Waals surface area (Å²) in [5.74, 6) is 0.992. The van der Waals surface area contributed by atoms with Crippen molar-refractivity contribution in [3.8, 4) is 0 Å². The van der Waals surface area contributed by atoms with E-state index < -0.39 is 0 Å². The molecule has 7 heteroatoms. The molecular weight excluding hydrogens is 285 g/mol. The molecule has 22 heavy (non-hydrogen) atoms. The van der Waals surface area contributed by atoms with Gasteiger partial charge in [-0.2, -0.15) is 4.98 Å². The third-order valence-corrected chi connectivity index (χ3v) is 3.77. The number of hydrogen-bond acceptors (Lipinski definition) is 3. The van der Waals surface area contributed by atoms with Crippen LogP contribution in [-0.4, -0.2) is 25.7 Å². The molecule has 112 valence electrons. The molecule has 0 spiro atoms. The lowest BCUT2D eigenvalue weighted by Crippen LogP contribution is -2.19. The topological polar surface area (TPSA) is 75.6 Å². The Morgan fingerprint density at radius 2 is 2.27 bits per heavy atom. The van der Waals surface area contributed by atoms with Gasteiger partial charge in [0.15, 0.2) is 0 Å². The molecule has 3 aromatic rings. The van der Waals surface area contributed by atoms with Crippen LogP contribution >= 0.6 is 0 Å². The van der Waals surface area contributed by atoms with Crippen molar-refractivity contribution >= 4 is 22.8 Å². The van der Waals surface area contributed by atoms with Gasteiger partial charge in [-0.1, -0.05) is 0 Å². The van der Waals surface area contributed by atoms with Crippen molar-refractivity contribution in [3.63, 3.8) is 0 Å². The van der Waals surface area contributed by atoms with Crippen LogP contribution in [0.2, 0.25) is 0 Å². The average Bonchev–Trinajstić information content (AvgIpc) is 3.13. The first-order valence-corrected chi connectivity index (χ1v) is 7.15. The van der Waals surface area contributed by atoms with Gasteiger partial charge < -0.3 is 4.57 Å². The largest absolute Gasteiger partial charge is 0.338 e. The first-order chi connectivity index (χ1) is 10.7. The molecule has 6 nitrogen and oxygen atoms in total. The van der Waals surface area contributed by atoms with Crippen molar-refractivity contribution in [2.75, 3.05) is 5.32 Å². The molecule has 2 heterocycles. The highest BCUT2D eigenvalue weighted by Gasteiger charge is 2.27. The average molecular weight is 299 g/mol. The summed E-state index contributed by atoms with van der Waals surface area (Å²) >= 11 is 0. The zero-order chi connectivity index (χ0) is 15.1. The molecular formula is C15H14FN5O. The van der Waals surface area contributed by atoms with Crippen LogP contribution in [0.4, 0.5) is 10.3 Å². The number of aromatic nitrogens is 4. The number of aromatic amines is 1. The number of nitrogens with zero attached hydrogens (tertiary/aromatic N) is 3. The number of benzene rings is 1. The molecule has 4 rings (SSSR count). The van der Waals surface area contributed by atoms with Crippen molar-refractivity contribution in [1.29, 1.82) is 0 Å². The van der Waals surface area contributed by atoms with E-state index in [1.807, 2.05) is 6.07 Å². The van der Waals surface area contributed by atoms with Gasteiger partial charge in [-0.15, -0.1) is 5.10 Å². The number of carbonyl (C=O) groups is 1. The third-order valence-electron chi connectivity index (χ3n) is 3.77. The van der Waals surface area contributed by atoms with E-state index in [1.165, 1.54) is 12.1 Å². The van der Waals surface area contributed by atoms with Crippen molar-refractivity contribution < 1.29 is 9.18 Å². The van der Waals surface area contributed by atoms with Crippen LogP contribution in [0.15, 0.2) is 30.5 Å². The highest BCUT2D eigenvalue weighted by molar-refractivity contribution is 5.90. The van der Waals surface area contributed by atoms with E-state index in [9.17, 15) is 9.18 Å². The monoisotopic (exact) mass is 299 g/mol. The molecule has 2 N–H and O–H groups in total. The Hall–Kier alpha value is -2.70. The van der Waals surface area contributed by atoms with Gasteiger partial charge >= 0.3 is 0 Å². The molecule has 0 saturated heterocycles. The Labute approximate surface area is 125 Å². The van der Waals surface area contributed by atoms with Crippen LogP contribution in [-0.2, 0) is 11.3 Å². The molecule has 0 aliphatic heterocycles. The Balaban J connectivity index is 1.49. The van der Waals surface area contributed by atoms with Crippen molar-refractivity contribution in [1.82, 2.24) is 19.7 Å². The van der Waals surface area contributed by atoms with Crippen LogP contribution < -0.4 is 5.32 Å². The van der Waals surface area contributed by atoms with E-state index in [-0.39, 0.29) is 24.2 Å². The standard InChI is InChI=1S/C15H14FN5O/c16-11-4-3-9-5-6-21(12(9)7-11)8-13(22)17-15-18-14(19-20-15)10-1-2-10/h3-7,10H,1-2,8H2,(H2,17,18,19,20,22). The maximum atomic E-state index is 13.3. The molecule has 0 unspecified atom stereocenters. The van der Waals surface area contributed by atoms with E-state index >= 15 is 0 Å². The van der Waals surface area contributed by atoms with Gasteiger partial charge in [0.25, 0.3) is 0 Å². The lowest BCUT2D eigenvalue weighted by molar-refractivity contribution is -0.116. The fraction of sp³-hybridized carbons (Fsp3) is 0.267. The predicted molar refractivity (Wildman–Crippen MR) is 78.9 cm³/mol. The van der Waals surface area contributed by atoms with Gasteiger partial charge in [0.05, 0.1) is 5.52 Å². The van der Waals surface area contributed by atoms with Gasteiger partial charge in [0, 0.05) is 12.1 Å². The third kappa shape index (κ3) is 2.45. The number of carbonyl (C=O) groups excluding carboxylic acids is 1. The van der Waals surface area contributed by atoms with Crippen LogP contribution in [0.1, 0.15) is 24.6 Å². The smallest absolute Gasteiger partial charge is 0.248 e. The van der Waals surface area contributed by atoms with E-state index in [0.717, 1.165) is 24.1 Å². The first-order valence-electron chi connectivity index (χ1n) is 7.15. The quantitative estimate of drug-likeness (QED) is 0.777. The maximum absolute atomic E-state index is 13.3. The van der Waals surface area contributed by atoms with Gasteiger partial charge in [-0.25, -0.2) is 4.39 Å². The van der Waals surface area contributed by atoms with E-state index in [2.05, 4.69) is 20.5 Å². The lowest BCUT2D eigenvalue weighted by Gasteiger charge is -2.05. The molecule has 0 bridgehead atoms. The van der Waals surface area contributed by atoms with E-state index in [1.54, 1.807) is 16.8 Å².